The fourth-order valence-electron chi connectivity index (χ4n) is 4.00. The summed E-state index contributed by atoms with van der Waals surface area (Å²) in [5.41, 5.74) is 2.33. The van der Waals surface area contributed by atoms with Crippen LogP contribution in [0, 0.1) is 0 Å². The van der Waals surface area contributed by atoms with Gasteiger partial charge in [0.25, 0.3) is 0 Å². The predicted octanol–water partition coefficient (Wildman–Crippen LogP) is 2.81. The summed E-state index contributed by atoms with van der Waals surface area (Å²) in [4.78, 5) is 21.7. The second kappa shape index (κ2) is 8.84. The van der Waals surface area contributed by atoms with Crippen LogP contribution >= 0.6 is 11.6 Å². The molecule has 0 unspecified atom stereocenters. The fraction of sp³-hybridized carbons (Fsp3) is 0.409. The third kappa shape index (κ3) is 4.42. The predicted molar refractivity (Wildman–Crippen MR) is 115 cm³/mol. The first kappa shape index (κ1) is 19.1. The number of piperazine rings is 2. The Hall–Kier alpha value is -2.24. The number of hydrogen-bond acceptors (Lipinski definition) is 4. The van der Waals surface area contributed by atoms with Crippen LogP contribution in [0.25, 0.3) is 0 Å². The van der Waals surface area contributed by atoms with E-state index < -0.39 is 0 Å². The van der Waals surface area contributed by atoms with E-state index in [1.165, 1.54) is 5.69 Å². The van der Waals surface area contributed by atoms with Gasteiger partial charge in [-0.25, -0.2) is 0 Å². The van der Waals surface area contributed by atoms with Gasteiger partial charge in [-0.1, -0.05) is 41.9 Å². The molecule has 0 atom stereocenters. The zero-order chi connectivity index (χ0) is 19.3. The number of rotatable bonds is 4. The standard InChI is InChI=1S/C22H27ClN4O/c23-20-8-4-5-9-21(20)26-14-16-27(17-15-26)22(28)18-24-10-12-25(13-11-24)19-6-2-1-3-7-19/h1-9H,10-18H2. The Morgan fingerprint density at radius 3 is 2.04 bits per heavy atom. The summed E-state index contributed by atoms with van der Waals surface area (Å²) in [5.74, 6) is 0.243. The van der Waals surface area contributed by atoms with Crippen molar-refractivity contribution in [2.24, 2.45) is 0 Å². The Kier molecular flexibility index (Phi) is 6.03. The normalized spacial score (nSPS) is 18.4. The smallest absolute Gasteiger partial charge is 0.236 e. The largest absolute Gasteiger partial charge is 0.369 e. The molecule has 0 N–H and O–H groups in total. The molecule has 0 radical (unpaired) electrons. The number of carbonyl (C=O) groups is 1. The molecule has 2 aromatic carbocycles. The van der Waals surface area contributed by atoms with Gasteiger partial charge in [-0.3, -0.25) is 9.69 Å². The van der Waals surface area contributed by atoms with Crippen molar-refractivity contribution in [2.75, 3.05) is 68.7 Å². The van der Waals surface area contributed by atoms with Crippen LogP contribution in [0.1, 0.15) is 0 Å². The van der Waals surface area contributed by atoms with E-state index in [2.05, 4.69) is 39.0 Å². The highest BCUT2D eigenvalue weighted by molar-refractivity contribution is 6.33. The zero-order valence-electron chi connectivity index (χ0n) is 16.1. The molecular weight excluding hydrogens is 372 g/mol. The summed E-state index contributed by atoms with van der Waals surface area (Å²) in [6.45, 7) is 7.50. The molecule has 2 aliphatic rings. The Morgan fingerprint density at radius 2 is 1.36 bits per heavy atom. The molecule has 4 rings (SSSR count). The number of para-hydroxylation sites is 2. The van der Waals surface area contributed by atoms with Crippen molar-refractivity contribution in [3.8, 4) is 0 Å². The SMILES string of the molecule is O=C(CN1CCN(c2ccccc2)CC1)N1CCN(c2ccccc2Cl)CC1. The van der Waals surface area contributed by atoms with E-state index in [4.69, 9.17) is 11.6 Å². The molecule has 2 fully saturated rings. The molecule has 2 aliphatic heterocycles. The molecule has 148 valence electrons. The van der Waals surface area contributed by atoms with Crippen molar-refractivity contribution >= 4 is 28.9 Å². The van der Waals surface area contributed by atoms with Gasteiger partial charge in [-0.2, -0.15) is 0 Å². The first-order valence-corrected chi connectivity index (χ1v) is 10.4. The van der Waals surface area contributed by atoms with E-state index in [9.17, 15) is 4.79 Å². The van der Waals surface area contributed by atoms with E-state index >= 15 is 0 Å². The molecule has 28 heavy (non-hydrogen) atoms. The van der Waals surface area contributed by atoms with Gasteiger partial charge >= 0.3 is 0 Å². The topological polar surface area (TPSA) is 30.0 Å². The van der Waals surface area contributed by atoms with Crippen LogP contribution in [0.2, 0.25) is 5.02 Å². The van der Waals surface area contributed by atoms with Gasteiger partial charge in [0.1, 0.15) is 0 Å². The van der Waals surface area contributed by atoms with E-state index in [0.29, 0.717) is 6.54 Å². The lowest BCUT2D eigenvalue weighted by atomic mass is 10.2. The number of anilines is 2. The summed E-state index contributed by atoms with van der Waals surface area (Å²) < 4.78 is 0. The van der Waals surface area contributed by atoms with Gasteiger partial charge < -0.3 is 14.7 Å². The fourth-order valence-corrected chi connectivity index (χ4v) is 4.25. The first-order valence-electron chi connectivity index (χ1n) is 10.0. The zero-order valence-corrected chi connectivity index (χ0v) is 16.9. The molecule has 5 nitrogen and oxygen atoms in total. The summed E-state index contributed by atoms with van der Waals surface area (Å²) >= 11 is 6.31. The van der Waals surface area contributed by atoms with Crippen LogP contribution in [0.4, 0.5) is 11.4 Å². The minimum atomic E-state index is 0.243. The van der Waals surface area contributed by atoms with Crippen molar-refractivity contribution in [1.82, 2.24) is 9.80 Å². The lowest BCUT2D eigenvalue weighted by Gasteiger charge is -2.39. The Morgan fingerprint density at radius 1 is 0.750 bits per heavy atom. The molecule has 2 saturated heterocycles. The number of amides is 1. The third-order valence-corrected chi connectivity index (χ3v) is 6.00. The molecule has 0 aromatic heterocycles. The van der Waals surface area contributed by atoms with E-state index in [1.807, 2.05) is 35.2 Å². The molecular formula is C22H27ClN4O. The molecule has 0 spiro atoms. The minimum absolute atomic E-state index is 0.243. The van der Waals surface area contributed by atoms with Gasteiger partial charge in [-0.15, -0.1) is 0 Å². The summed E-state index contributed by atoms with van der Waals surface area (Å²) in [7, 11) is 0. The number of carbonyl (C=O) groups excluding carboxylic acids is 1. The Labute approximate surface area is 172 Å². The maximum atomic E-state index is 12.8. The molecule has 6 heteroatoms. The summed E-state index contributed by atoms with van der Waals surface area (Å²) in [6, 6.07) is 18.4. The summed E-state index contributed by atoms with van der Waals surface area (Å²) in [5, 5.41) is 0.776. The minimum Gasteiger partial charge on any atom is -0.369 e. The third-order valence-electron chi connectivity index (χ3n) is 5.68. The van der Waals surface area contributed by atoms with Crippen molar-refractivity contribution in [1.29, 1.82) is 0 Å². The first-order chi connectivity index (χ1) is 13.7. The van der Waals surface area contributed by atoms with Gasteiger partial charge in [0.15, 0.2) is 0 Å². The van der Waals surface area contributed by atoms with E-state index in [1.54, 1.807) is 0 Å². The van der Waals surface area contributed by atoms with E-state index in [-0.39, 0.29) is 5.91 Å². The highest BCUT2D eigenvalue weighted by Gasteiger charge is 2.25. The maximum absolute atomic E-state index is 12.8. The molecule has 0 aliphatic carbocycles. The molecule has 2 heterocycles. The molecule has 1 amide bonds. The average molecular weight is 399 g/mol. The van der Waals surface area contributed by atoms with Crippen LogP contribution in [0.15, 0.2) is 54.6 Å². The van der Waals surface area contributed by atoms with Crippen LogP contribution in [-0.4, -0.2) is 74.6 Å². The number of hydrogen-bond donors (Lipinski definition) is 0. The summed E-state index contributed by atoms with van der Waals surface area (Å²) in [6.07, 6.45) is 0. The van der Waals surface area contributed by atoms with Gasteiger partial charge in [-0.05, 0) is 24.3 Å². The highest BCUT2D eigenvalue weighted by Crippen LogP contribution is 2.26. The highest BCUT2D eigenvalue weighted by atomic mass is 35.5. The van der Waals surface area contributed by atoms with Gasteiger partial charge in [0, 0.05) is 58.0 Å². The lowest BCUT2D eigenvalue weighted by molar-refractivity contribution is -0.132. The Bertz CT molecular complexity index is 784. The monoisotopic (exact) mass is 398 g/mol. The number of benzene rings is 2. The number of halogens is 1. The van der Waals surface area contributed by atoms with Crippen molar-refractivity contribution in [3.63, 3.8) is 0 Å². The van der Waals surface area contributed by atoms with Gasteiger partial charge in [0.05, 0.1) is 17.3 Å². The van der Waals surface area contributed by atoms with Crippen LogP contribution in [-0.2, 0) is 4.79 Å². The van der Waals surface area contributed by atoms with Crippen LogP contribution < -0.4 is 9.80 Å². The molecule has 2 aromatic rings. The quantitative estimate of drug-likeness (QED) is 0.792. The molecule has 0 bridgehead atoms. The second-order valence-electron chi connectivity index (χ2n) is 7.42. The van der Waals surface area contributed by atoms with Gasteiger partial charge in [0.2, 0.25) is 5.91 Å². The average Bonchev–Trinajstić information content (AvgIpc) is 2.75. The van der Waals surface area contributed by atoms with E-state index in [0.717, 1.165) is 63.1 Å². The van der Waals surface area contributed by atoms with Crippen molar-refractivity contribution < 1.29 is 4.79 Å². The van der Waals surface area contributed by atoms with Crippen molar-refractivity contribution in [3.05, 3.63) is 59.6 Å². The number of nitrogens with zero attached hydrogens (tertiary/aromatic N) is 4. The second-order valence-corrected chi connectivity index (χ2v) is 7.83. The maximum Gasteiger partial charge on any atom is 0.236 e. The van der Waals surface area contributed by atoms with Crippen LogP contribution in [0.3, 0.4) is 0 Å². The molecule has 0 saturated carbocycles. The van der Waals surface area contributed by atoms with Crippen LogP contribution in [0.5, 0.6) is 0 Å². The lowest BCUT2D eigenvalue weighted by Crippen LogP contribution is -2.54. The Balaban J connectivity index is 1.24. The van der Waals surface area contributed by atoms with Crippen molar-refractivity contribution in [2.45, 2.75) is 0 Å².